The van der Waals surface area contributed by atoms with Crippen molar-refractivity contribution in [2.45, 2.75) is 56.9 Å². The van der Waals surface area contributed by atoms with Gasteiger partial charge in [0, 0.05) is 11.1 Å². The van der Waals surface area contributed by atoms with Crippen molar-refractivity contribution >= 4 is 11.7 Å². The molecule has 1 aromatic carbocycles. The maximum atomic E-state index is 14.1. The molecule has 2 saturated carbocycles. The molecule has 0 bridgehead atoms. The Morgan fingerprint density at radius 3 is 2.40 bits per heavy atom. The third kappa shape index (κ3) is 3.19. The number of carbonyl (C=O) groups is 1. The second-order valence-electron chi connectivity index (χ2n) is 7.47. The molecule has 1 aromatic rings. The number of methoxy groups -OCH3 is 1. The third-order valence-electron chi connectivity index (χ3n) is 5.83. The highest BCUT2D eigenvalue weighted by atomic mass is 19.1. The molecular weight excluding hydrogens is 323 g/mol. The number of benzene rings is 1. The van der Waals surface area contributed by atoms with E-state index in [4.69, 9.17) is 20.9 Å². The van der Waals surface area contributed by atoms with E-state index in [1.807, 2.05) is 0 Å². The first-order valence-corrected chi connectivity index (χ1v) is 9.00. The van der Waals surface area contributed by atoms with Gasteiger partial charge < -0.3 is 20.9 Å². The van der Waals surface area contributed by atoms with Crippen LogP contribution in [0.4, 0.5) is 10.1 Å². The fraction of sp³-hybridized carbons (Fsp3) is 0.632. The van der Waals surface area contributed by atoms with Crippen molar-refractivity contribution in [3.8, 4) is 5.75 Å². The van der Waals surface area contributed by atoms with Crippen LogP contribution in [0.1, 0.15) is 56.9 Å². The molecule has 138 valence electrons. The highest BCUT2D eigenvalue weighted by Gasteiger charge is 2.46. The normalized spacial score (nSPS) is 21.2. The summed E-state index contributed by atoms with van der Waals surface area (Å²) < 4.78 is 25.0. The Labute approximate surface area is 147 Å². The third-order valence-corrected chi connectivity index (χ3v) is 5.83. The largest absolute Gasteiger partial charge is 0.492 e. The summed E-state index contributed by atoms with van der Waals surface area (Å²) in [5, 5.41) is 0. The molecule has 3 rings (SSSR count). The van der Waals surface area contributed by atoms with Gasteiger partial charge in [0.25, 0.3) is 0 Å². The van der Waals surface area contributed by atoms with Gasteiger partial charge in [-0.05, 0) is 37.8 Å². The van der Waals surface area contributed by atoms with Crippen LogP contribution in [0.15, 0.2) is 12.1 Å². The Morgan fingerprint density at radius 1 is 1.16 bits per heavy atom. The van der Waals surface area contributed by atoms with Crippen LogP contribution in [-0.4, -0.2) is 19.7 Å². The van der Waals surface area contributed by atoms with Gasteiger partial charge in [-0.25, -0.2) is 4.39 Å². The van der Waals surface area contributed by atoms with Crippen LogP contribution in [0.25, 0.3) is 0 Å². The van der Waals surface area contributed by atoms with E-state index in [0.29, 0.717) is 11.3 Å². The van der Waals surface area contributed by atoms with E-state index in [9.17, 15) is 9.18 Å². The summed E-state index contributed by atoms with van der Waals surface area (Å²) in [4.78, 5) is 12.1. The van der Waals surface area contributed by atoms with Gasteiger partial charge in [0.2, 0.25) is 0 Å². The SMILES string of the molecule is COC(=O)C1(COc2ccc(F)c(N)c2C2(N)CCCCC2)CCC1. The number of anilines is 1. The fourth-order valence-electron chi connectivity index (χ4n) is 4.08. The van der Waals surface area contributed by atoms with Crippen molar-refractivity contribution in [1.29, 1.82) is 0 Å². The lowest BCUT2D eigenvalue weighted by Crippen LogP contribution is -2.44. The molecule has 2 fully saturated rings. The van der Waals surface area contributed by atoms with Crippen LogP contribution in [0, 0.1) is 11.2 Å². The second-order valence-corrected chi connectivity index (χ2v) is 7.47. The molecule has 5 nitrogen and oxygen atoms in total. The number of nitrogen functional groups attached to an aromatic ring is 1. The lowest BCUT2D eigenvalue weighted by Gasteiger charge is -2.40. The predicted molar refractivity (Wildman–Crippen MR) is 93.6 cm³/mol. The Kier molecular flexibility index (Phi) is 4.91. The van der Waals surface area contributed by atoms with Crippen molar-refractivity contribution in [3.05, 3.63) is 23.5 Å². The average molecular weight is 350 g/mol. The number of carbonyl (C=O) groups excluding carboxylic acids is 1. The molecular formula is C19H27FN2O3. The maximum absolute atomic E-state index is 14.1. The first kappa shape index (κ1) is 18.0. The van der Waals surface area contributed by atoms with Crippen LogP contribution in [0.3, 0.4) is 0 Å². The zero-order valence-electron chi connectivity index (χ0n) is 14.8. The molecule has 0 atom stereocenters. The Morgan fingerprint density at radius 2 is 1.84 bits per heavy atom. The van der Waals surface area contributed by atoms with E-state index in [1.54, 1.807) is 6.07 Å². The molecule has 0 spiro atoms. The van der Waals surface area contributed by atoms with Crippen molar-refractivity contribution in [3.63, 3.8) is 0 Å². The van der Waals surface area contributed by atoms with Gasteiger partial charge in [-0.2, -0.15) is 0 Å². The molecule has 0 radical (unpaired) electrons. The monoisotopic (exact) mass is 350 g/mol. The van der Waals surface area contributed by atoms with Gasteiger partial charge in [-0.3, -0.25) is 4.79 Å². The van der Waals surface area contributed by atoms with E-state index in [1.165, 1.54) is 13.2 Å². The number of nitrogens with two attached hydrogens (primary N) is 2. The minimum absolute atomic E-state index is 0.0580. The topological polar surface area (TPSA) is 87.6 Å². The first-order chi connectivity index (χ1) is 11.9. The molecule has 0 aliphatic heterocycles. The molecule has 0 saturated heterocycles. The smallest absolute Gasteiger partial charge is 0.315 e. The Hall–Kier alpha value is -1.82. The zero-order valence-corrected chi connectivity index (χ0v) is 14.8. The van der Waals surface area contributed by atoms with Crippen LogP contribution in [0.5, 0.6) is 5.75 Å². The maximum Gasteiger partial charge on any atom is 0.315 e. The Bertz CT molecular complexity index is 652. The van der Waals surface area contributed by atoms with Crippen molar-refractivity contribution < 1.29 is 18.7 Å². The predicted octanol–water partition coefficient (Wildman–Crippen LogP) is 3.25. The summed E-state index contributed by atoms with van der Waals surface area (Å²) >= 11 is 0. The number of esters is 1. The van der Waals surface area contributed by atoms with Gasteiger partial charge in [0.05, 0.1) is 12.8 Å². The zero-order chi connectivity index (χ0) is 18.1. The number of ether oxygens (including phenoxy) is 2. The highest BCUT2D eigenvalue weighted by Crippen LogP contribution is 2.46. The second kappa shape index (κ2) is 6.83. The molecule has 0 aromatic heterocycles. The van der Waals surface area contributed by atoms with Crippen LogP contribution in [0.2, 0.25) is 0 Å². The van der Waals surface area contributed by atoms with Crippen LogP contribution in [-0.2, 0) is 15.1 Å². The summed E-state index contributed by atoms with van der Waals surface area (Å²) in [5.74, 6) is -0.252. The van der Waals surface area contributed by atoms with Gasteiger partial charge in [-0.15, -0.1) is 0 Å². The van der Waals surface area contributed by atoms with Crippen LogP contribution < -0.4 is 16.2 Å². The highest BCUT2D eigenvalue weighted by molar-refractivity contribution is 5.78. The summed E-state index contributed by atoms with van der Waals surface area (Å²) in [5.41, 5.74) is 12.0. The molecule has 4 N–H and O–H groups in total. The van der Waals surface area contributed by atoms with E-state index in [2.05, 4.69) is 0 Å². The van der Waals surface area contributed by atoms with Gasteiger partial charge >= 0.3 is 5.97 Å². The summed E-state index contributed by atoms with van der Waals surface area (Å²) in [6.07, 6.45) is 7.03. The molecule has 0 amide bonds. The first-order valence-electron chi connectivity index (χ1n) is 9.00. The minimum Gasteiger partial charge on any atom is -0.492 e. The van der Waals surface area contributed by atoms with Crippen LogP contribution >= 0.6 is 0 Å². The summed E-state index contributed by atoms with van der Waals surface area (Å²) in [6.45, 7) is 0.202. The molecule has 0 heterocycles. The Balaban J connectivity index is 1.89. The van der Waals surface area contributed by atoms with Gasteiger partial charge in [-0.1, -0.05) is 25.7 Å². The van der Waals surface area contributed by atoms with E-state index < -0.39 is 16.8 Å². The molecule has 2 aliphatic carbocycles. The average Bonchev–Trinajstić information content (AvgIpc) is 2.57. The lowest BCUT2D eigenvalue weighted by molar-refractivity contribution is -0.161. The lowest BCUT2D eigenvalue weighted by atomic mass is 9.69. The number of rotatable bonds is 5. The van der Waals surface area contributed by atoms with Crippen molar-refractivity contribution in [2.24, 2.45) is 11.1 Å². The van der Waals surface area contributed by atoms with Gasteiger partial charge in [0.1, 0.15) is 23.6 Å². The number of hydrogen-bond donors (Lipinski definition) is 2. The molecule has 0 unspecified atom stereocenters. The van der Waals surface area contributed by atoms with E-state index in [0.717, 1.165) is 51.4 Å². The quantitative estimate of drug-likeness (QED) is 0.629. The number of hydrogen-bond acceptors (Lipinski definition) is 5. The number of halogens is 1. The van der Waals surface area contributed by atoms with Gasteiger partial charge in [0.15, 0.2) is 0 Å². The summed E-state index contributed by atoms with van der Waals surface area (Å²) in [6, 6.07) is 2.87. The fourth-order valence-corrected chi connectivity index (χ4v) is 4.08. The molecule has 6 heteroatoms. The van der Waals surface area contributed by atoms with Crippen molar-refractivity contribution in [1.82, 2.24) is 0 Å². The summed E-state index contributed by atoms with van der Waals surface area (Å²) in [7, 11) is 1.39. The van der Waals surface area contributed by atoms with E-state index in [-0.39, 0.29) is 18.3 Å². The van der Waals surface area contributed by atoms with E-state index >= 15 is 0 Å². The van der Waals surface area contributed by atoms with Crippen molar-refractivity contribution in [2.75, 3.05) is 19.5 Å². The molecule has 25 heavy (non-hydrogen) atoms. The standard InChI is InChI=1S/C19H27FN2O3/c1-24-17(23)18(8-5-9-18)12-25-14-7-6-13(20)16(21)15(14)19(22)10-3-2-4-11-19/h6-7H,2-5,8-12,21-22H2,1H3. The molecule has 2 aliphatic rings. The minimum atomic E-state index is -0.683.